The van der Waals surface area contributed by atoms with E-state index in [9.17, 15) is 14.5 Å². The first kappa shape index (κ1) is 45.4. The van der Waals surface area contributed by atoms with Crippen LogP contribution in [-0.4, -0.2) is 29.7 Å². The summed E-state index contributed by atoms with van der Waals surface area (Å²) in [6, 6.07) is 7.98. The molecular weight excluding hydrogens is 628 g/mol. The van der Waals surface area contributed by atoms with Crippen LogP contribution in [-0.2, 0) is 18.4 Å². The van der Waals surface area contributed by atoms with E-state index in [1.807, 2.05) is 45.1 Å². The van der Waals surface area contributed by atoms with Gasteiger partial charge < -0.3 is 14.2 Å². The van der Waals surface area contributed by atoms with Crippen LogP contribution >= 0.6 is 48.1 Å². The van der Waals surface area contributed by atoms with E-state index in [4.69, 9.17) is 9.05 Å². The van der Waals surface area contributed by atoms with Gasteiger partial charge in [0, 0.05) is 17.8 Å². The van der Waals surface area contributed by atoms with Crippen molar-refractivity contribution in [3.05, 3.63) is 64.8 Å². The Morgan fingerprint density at radius 2 is 1.59 bits per heavy atom. The van der Waals surface area contributed by atoms with Gasteiger partial charge in [-0.05, 0) is 112 Å². The van der Waals surface area contributed by atoms with E-state index in [1.54, 1.807) is 0 Å². The Bertz CT molecular complexity index is 1220. The van der Waals surface area contributed by atoms with Crippen molar-refractivity contribution in [3.8, 4) is 0 Å². The third kappa shape index (κ3) is 7.86. The third-order valence-electron chi connectivity index (χ3n) is 9.96. The van der Waals surface area contributed by atoms with Gasteiger partial charge in [0.2, 0.25) is 0 Å². The SMILES string of the molecule is C.C.C.C/C=C/C[C@]1(O)CC[C@H]2[C@@H]3CCC4=CC(=O)CCC4=C3[C@@H](c3ccc(P(=O)(OCC)OCC)cc3)C[C@@]21C.S.S.S. The summed E-state index contributed by atoms with van der Waals surface area (Å²) in [4.78, 5) is 12.3. The summed E-state index contributed by atoms with van der Waals surface area (Å²) >= 11 is 0. The lowest BCUT2D eigenvalue weighted by molar-refractivity contribution is -0.114. The molecule has 4 aliphatic carbocycles. The van der Waals surface area contributed by atoms with E-state index in [0.717, 1.165) is 38.5 Å². The highest BCUT2D eigenvalue weighted by atomic mass is 32.1. The number of fused-ring (bicyclic) bond motifs is 4. The molecule has 0 radical (unpaired) electrons. The fourth-order valence-electron chi connectivity index (χ4n) is 8.12. The van der Waals surface area contributed by atoms with E-state index < -0.39 is 13.2 Å². The smallest absolute Gasteiger partial charge is 0.361 e. The topological polar surface area (TPSA) is 72.8 Å². The average molecular weight is 689 g/mol. The number of aliphatic hydroxyl groups is 1. The molecule has 0 aromatic heterocycles. The molecule has 0 bridgehead atoms. The molecule has 1 aromatic rings. The summed E-state index contributed by atoms with van der Waals surface area (Å²) in [5.41, 5.74) is 4.38. The van der Waals surface area contributed by atoms with Gasteiger partial charge in [0.05, 0.1) is 24.1 Å². The van der Waals surface area contributed by atoms with Crippen LogP contribution in [0.1, 0.15) is 113 Å². The lowest BCUT2D eigenvalue weighted by Crippen LogP contribution is -2.51. The van der Waals surface area contributed by atoms with E-state index in [-0.39, 0.29) is 79.9 Å². The van der Waals surface area contributed by atoms with Crippen LogP contribution in [0.2, 0.25) is 0 Å². The summed E-state index contributed by atoms with van der Waals surface area (Å²) in [6.07, 6.45) is 12.9. The molecule has 1 aromatic carbocycles. The molecule has 4 aliphatic rings. The zero-order chi connectivity index (χ0) is 27.1. The maximum Gasteiger partial charge on any atom is 0.361 e. The van der Waals surface area contributed by atoms with Crippen molar-refractivity contribution in [2.45, 2.75) is 113 Å². The second-order valence-corrected chi connectivity index (χ2v) is 13.8. The second-order valence-electron chi connectivity index (χ2n) is 11.8. The molecule has 0 unspecified atom stereocenters. The van der Waals surface area contributed by atoms with Gasteiger partial charge in [0.15, 0.2) is 5.78 Å². The minimum absolute atomic E-state index is 0. The predicted octanol–water partition coefficient (Wildman–Crippen LogP) is 9.42. The summed E-state index contributed by atoms with van der Waals surface area (Å²) in [5, 5.41) is 12.7. The number of carbonyl (C=O) groups excluding carboxylic acids is 1. The standard InChI is InChI=1S/C32H43O5P.3CH4.3H2S/c1-5-8-18-32(34)19-17-29-27-15-11-23-20-24(33)12-16-26(23)30(27)28(21-31(29,32)4)22-9-13-25(14-10-22)38(35,36-6-2)37-7-3;;;;;;/h5,8-10,13-14,20,27-29,34H,6-7,11-12,15-19,21H2,1-4H3;3*1H4;3*1H2/b8-5+;;;;;;/t27-,28+,29-,31-,32-;;;;;;/m0....../s1. The first-order valence-electron chi connectivity index (χ1n) is 14.5. The van der Waals surface area contributed by atoms with Crippen LogP contribution in [0.25, 0.3) is 0 Å². The Morgan fingerprint density at radius 1 is 0.977 bits per heavy atom. The minimum atomic E-state index is -3.36. The highest BCUT2D eigenvalue weighted by Crippen LogP contribution is 2.67. The number of benzene rings is 1. The number of allylic oxidation sites excluding steroid dienone is 5. The van der Waals surface area contributed by atoms with Crippen molar-refractivity contribution in [2.75, 3.05) is 13.2 Å². The Kier molecular flexibility index (Phi) is 18.6. The van der Waals surface area contributed by atoms with Crippen LogP contribution in [0.3, 0.4) is 0 Å². The molecule has 0 spiro atoms. The quantitative estimate of drug-likeness (QED) is 0.218. The van der Waals surface area contributed by atoms with E-state index >= 15 is 0 Å². The molecule has 0 heterocycles. The first-order valence-corrected chi connectivity index (χ1v) is 16.0. The summed E-state index contributed by atoms with van der Waals surface area (Å²) < 4.78 is 24.6. The molecule has 2 saturated carbocycles. The molecule has 5 atom stereocenters. The molecule has 1 N–H and O–H groups in total. The fraction of sp³-hybridized carbons (Fsp3) is 0.629. The molecule has 2 fully saturated rings. The maximum atomic E-state index is 13.4. The van der Waals surface area contributed by atoms with Gasteiger partial charge in [-0.2, -0.15) is 40.5 Å². The van der Waals surface area contributed by atoms with Crippen molar-refractivity contribution in [1.29, 1.82) is 0 Å². The van der Waals surface area contributed by atoms with Gasteiger partial charge in [-0.1, -0.05) is 59.1 Å². The van der Waals surface area contributed by atoms with E-state index in [1.165, 1.54) is 22.3 Å². The normalized spacial score (nSPS) is 28.7. The van der Waals surface area contributed by atoms with Crippen molar-refractivity contribution >= 4 is 59.2 Å². The van der Waals surface area contributed by atoms with E-state index in [2.05, 4.69) is 25.1 Å². The highest BCUT2D eigenvalue weighted by Gasteiger charge is 2.62. The second kappa shape index (κ2) is 18.0. The zero-order valence-electron chi connectivity index (χ0n) is 24.9. The number of hydrogen-bond acceptors (Lipinski definition) is 5. The lowest BCUT2D eigenvalue weighted by Gasteiger charge is -2.55. The molecule has 254 valence electrons. The monoisotopic (exact) mass is 688 g/mol. The predicted molar refractivity (Wildman–Crippen MR) is 203 cm³/mol. The van der Waals surface area contributed by atoms with Crippen molar-refractivity contribution < 1.29 is 23.5 Å². The summed E-state index contributed by atoms with van der Waals surface area (Å²) in [6.45, 7) is 8.63. The van der Waals surface area contributed by atoms with Gasteiger partial charge in [-0.3, -0.25) is 9.36 Å². The zero-order valence-corrected chi connectivity index (χ0v) is 28.8. The summed E-state index contributed by atoms with van der Waals surface area (Å²) in [7, 11) is -3.36. The molecule has 0 saturated heterocycles. The van der Waals surface area contributed by atoms with Gasteiger partial charge >= 0.3 is 7.60 Å². The largest absolute Gasteiger partial charge is 0.389 e. The molecule has 0 amide bonds. The number of rotatable bonds is 8. The Morgan fingerprint density at radius 3 is 2.16 bits per heavy atom. The highest BCUT2D eigenvalue weighted by molar-refractivity contribution is 7.62. The molecule has 44 heavy (non-hydrogen) atoms. The van der Waals surface area contributed by atoms with Gasteiger partial charge in [-0.25, -0.2) is 0 Å². The molecular formula is C35H61O5PS3. The van der Waals surface area contributed by atoms with Crippen molar-refractivity contribution in [1.82, 2.24) is 0 Å². The van der Waals surface area contributed by atoms with Crippen molar-refractivity contribution in [2.24, 2.45) is 17.3 Å². The van der Waals surface area contributed by atoms with Gasteiger partial charge in [0.25, 0.3) is 0 Å². The van der Waals surface area contributed by atoms with Gasteiger partial charge in [-0.15, -0.1) is 0 Å². The fourth-order valence-corrected chi connectivity index (χ4v) is 9.68. The Hall–Kier alpha value is -0.730. The van der Waals surface area contributed by atoms with Crippen molar-refractivity contribution in [3.63, 3.8) is 0 Å². The molecule has 9 heteroatoms. The maximum absolute atomic E-state index is 13.4. The lowest BCUT2D eigenvalue weighted by atomic mass is 9.51. The number of hydrogen-bond donors (Lipinski definition) is 1. The summed E-state index contributed by atoms with van der Waals surface area (Å²) in [5.74, 6) is 1.24. The van der Waals surface area contributed by atoms with Gasteiger partial charge in [0.1, 0.15) is 0 Å². The van der Waals surface area contributed by atoms with Crippen LogP contribution in [0.15, 0.2) is 59.2 Å². The van der Waals surface area contributed by atoms with E-state index in [0.29, 0.717) is 43.2 Å². The molecule has 5 rings (SSSR count). The first-order chi connectivity index (χ1) is 18.2. The Balaban J connectivity index is 0. The van der Waals surface area contributed by atoms with Crippen LogP contribution in [0, 0.1) is 17.3 Å². The third-order valence-corrected chi connectivity index (χ3v) is 12.1. The number of ketones is 1. The van der Waals surface area contributed by atoms with Crippen LogP contribution in [0.5, 0.6) is 0 Å². The number of carbonyl (C=O) groups is 1. The Labute approximate surface area is 289 Å². The average Bonchev–Trinajstić information content (AvgIpc) is 3.17. The molecule has 0 aliphatic heterocycles. The molecule has 5 nitrogen and oxygen atoms in total. The van der Waals surface area contributed by atoms with Crippen LogP contribution in [0.4, 0.5) is 0 Å². The van der Waals surface area contributed by atoms with Crippen LogP contribution < -0.4 is 5.30 Å². The minimum Gasteiger partial charge on any atom is -0.389 e.